The van der Waals surface area contributed by atoms with Crippen LogP contribution in [0.25, 0.3) is 0 Å². The van der Waals surface area contributed by atoms with Gasteiger partial charge < -0.3 is 0 Å². The summed E-state index contributed by atoms with van der Waals surface area (Å²) in [5.41, 5.74) is 0.627. The van der Waals surface area contributed by atoms with Crippen molar-refractivity contribution in [1.82, 2.24) is 0 Å². The van der Waals surface area contributed by atoms with Crippen LogP contribution in [0.3, 0.4) is 0 Å². The third-order valence-electron chi connectivity index (χ3n) is 2.33. The van der Waals surface area contributed by atoms with Crippen molar-refractivity contribution in [3.8, 4) is 0 Å². The number of rotatable bonds is 5. The van der Waals surface area contributed by atoms with Gasteiger partial charge in [0.1, 0.15) is 0 Å². The van der Waals surface area contributed by atoms with E-state index in [2.05, 4.69) is 0 Å². The summed E-state index contributed by atoms with van der Waals surface area (Å²) in [5, 5.41) is -5.39. The molecule has 0 bridgehead atoms. The molecule has 0 unspecified atom stereocenters. The van der Waals surface area contributed by atoms with E-state index in [4.69, 9.17) is 0 Å². The van der Waals surface area contributed by atoms with Crippen molar-refractivity contribution in [2.75, 3.05) is 0 Å². The largest absolute Gasteiger partial charge is 0.387 e. The minimum atomic E-state index is -6.19. The normalized spacial score (nSPS) is 13.9. The van der Waals surface area contributed by atoms with E-state index >= 15 is 0 Å². The molecule has 9 heteroatoms. The van der Waals surface area contributed by atoms with Crippen LogP contribution in [-0.2, 0) is 0 Å². The van der Waals surface area contributed by atoms with Crippen LogP contribution in [0.15, 0.2) is 29.2 Å². The van der Waals surface area contributed by atoms with Crippen molar-refractivity contribution in [2.24, 2.45) is 0 Å². The average Bonchev–Trinajstić information content (AvgIpc) is 2.31. The third-order valence-corrected chi connectivity index (χ3v) is 3.35. The van der Waals surface area contributed by atoms with Crippen molar-refractivity contribution in [1.29, 1.82) is 0 Å². The van der Waals surface area contributed by atoms with E-state index in [1.54, 1.807) is 6.92 Å². The molecule has 0 nitrogen and oxygen atoms in total. The van der Waals surface area contributed by atoms with E-state index in [9.17, 15) is 35.1 Å². The number of halogens is 8. The van der Waals surface area contributed by atoms with Crippen molar-refractivity contribution in [3.63, 3.8) is 0 Å². The highest BCUT2D eigenvalue weighted by molar-refractivity contribution is 8.00. The molecule has 0 heterocycles. The Hall–Kier alpha value is -0.990. The van der Waals surface area contributed by atoms with E-state index < -0.39 is 40.2 Å². The van der Waals surface area contributed by atoms with Gasteiger partial charge >= 0.3 is 23.5 Å². The summed E-state index contributed by atoms with van der Waals surface area (Å²) in [6, 6.07) is 4.60. The summed E-state index contributed by atoms with van der Waals surface area (Å²) >= 11 is -0.891. The fraction of sp³-hybridized carbons (Fsp3) is 0.455. The first kappa shape index (κ1) is 17.1. The maximum Gasteiger partial charge on any atom is 0.387 e. The van der Waals surface area contributed by atoms with Gasteiger partial charge in [-0.05, 0) is 30.8 Å². The minimum Gasteiger partial charge on any atom is -0.203 e. The average molecular weight is 324 g/mol. The Balaban J connectivity index is 3.05. The highest BCUT2D eigenvalue weighted by Gasteiger charge is 2.75. The molecule has 20 heavy (non-hydrogen) atoms. The summed E-state index contributed by atoms with van der Waals surface area (Å²) in [5.74, 6) is -12.3. The highest BCUT2D eigenvalue weighted by Crippen LogP contribution is 2.54. The molecule has 0 atom stereocenters. The van der Waals surface area contributed by atoms with Crippen LogP contribution in [0.5, 0.6) is 0 Å². The summed E-state index contributed by atoms with van der Waals surface area (Å²) in [6.07, 6.45) is -4.90. The van der Waals surface area contributed by atoms with E-state index in [0.717, 1.165) is 12.1 Å². The zero-order chi connectivity index (χ0) is 15.8. The molecular formula is C11H8F8S. The Kier molecular flexibility index (Phi) is 4.62. The molecular weight excluding hydrogens is 316 g/mol. The number of aryl methyl sites for hydroxylation is 1. The molecule has 1 rings (SSSR count). The Morgan fingerprint density at radius 3 is 1.75 bits per heavy atom. The van der Waals surface area contributed by atoms with Gasteiger partial charge in [-0.15, -0.1) is 0 Å². The quantitative estimate of drug-likeness (QED) is 0.529. The zero-order valence-electron chi connectivity index (χ0n) is 9.82. The van der Waals surface area contributed by atoms with Crippen molar-refractivity contribution < 1.29 is 35.1 Å². The van der Waals surface area contributed by atoms with E-state index in [1.807, 2.05) is 0 Å². The van der Waals surface area contributed by atoms with Gasteiger partial charge in [-0.1, -0.05) is 17.7 Å². The Labute approximate surface area is 113 Å². The molecule has 0 N–H and O–H groups in total. The maximum atomic E-state index is 13.2. The topological polar surface area (TPSA) is 0 Å². The third kappa shape index (κ3) is 3.02. The Bertz CT molecular complexity index is 454. The van der Waals surface area contributed by atoms with Crippen LogP contribution in [0.4, 0.5) is 35.1 Å². The first-order valence-electron chi connectivity index (χ1n) is 5.09. The Morgan fingerprint density at radius 2 is 1.35 bits per heavy atom. The van der Waals surface area contributed by atoms with Crippen LogP contribution >= 0.6 is 11.8 Å². The van der Waals surface area contributed by atoms with Crippen LogP contribution in [0.2, 0.25) is 0 Å². The lowest BCUT2D eigenvalue weighted by Crippen LogP contribution is -2.56. The van der Waals surface area contributed by atoms with Crippen LogP contribution in [0.1, 0.15) is 5.56 Å². The standard InChI is InChI=1S/C11H8F8S/c1-6-2-4-7(5-3-6)20-11(18,19)10(16,17)9(14,15)8(12)13/h2-5,8H,1H3. The zero-order valence-corrected chi connectivity index (χ0v) is 10.6. The summed E-state index contributed by atoms with van der Waals surface area (Å²) in [6.45, 7) is 1.59. The Morgan fingerprint density at radius 1 is 0.900 bits per heavy atom. The smallest absolute Gasteiger partial charge is 0.203 e. The van der Waals surface area contributed by atoms with Gasteiger partial charge in [0.25, 0.3) is 0 Å². The number of hydrogen-bond acceptors (Lipinski definition) is 1. The van der Waals surface area contributed by atoms with E-state index in [1.165, 1.54) is 12.1 Å². The molecule has 1 aromatic carbocycles. The molecule has 0 aliphatic heterocycles. The number of thioether (sulfide) groups is 1. The number of alkyl halides is 8. The number of benzene rings is 1. The summed E-state index contributed by atoms with van der Waals surface area (Å²) < 4.78 is 101. The lowest BCUT2D eigenvalue weighted by Gasteiger charge is -2.31. The second-order valence-electron chi connectivity index (χ2n) is 3.93. The summed E-state index contributed by atoms with van der Waals surface area (Å²) in [7, 11) is 0. The SMILES string of the molecule is Cc1ccc(SC(F)(F)C(F)(F)C(F)(F)C(F)F)cc1. The second-order valence-corrected chi connectivity index (χ2v) is 5.12. The van der Waals surface area contributed by atoms with E-state index in [-0.39, 0.29) is 0 Å². The van der Waals surface area contributed by atoms with Gasteiger partial charge in [0.2, 0.25) is 0 Å². The van der Waals surface area contributed by atoms with Crippen LogP contribution in [0, 0.1) is 6.92 Å². The lowest BCUT2D eigenvalue weighted by molar-refractivity contribution is -0.312. The first-order chi connectivity index (χ1) is 8.92. The fourth-order valence-corrected chi connectivity index (χ4v) is 1.98. The molecule has 1 aromatic rings. The van der Waals surface area contributed by atoms with Crippen molar-refractivity contribution in [2.45, 2.75) is 35.3 Å². The molecule has 0 aliphatic rings. The molecule has 0 radical (unpaired) electrons. The van der Waals surface area contributed by atoms with Gasteiger partial charge in [0.05, 0.1) is 0 Å². The highest BCUT2D eigenvalue weighted by atomic mass is 32.2. The van der Waals surface area contributed by atoms with Crippen molar-refractivity contribution >= 4 is 11.8 Å². The van der Waals surface area contributed by atoms with Crippen LogP contribution < -0.4 is 0 Å². The van der Waals surface area contributed by atoms with E-state index in [0.29, 0.717) is 5.56 Å². The summed E-state index contributed by atoms with van der Waals surface area (Å²) in [4.78, 5) is -0.439. The van der Waals surface area contributed by atoms with Gasteiger partial charge in [-0.2, -0.15) is 26.3 Å². The molecule has 0 aliphatic carbocycles. The monoisotopic (exact) mass is 324 g/mol. The molecule has 0 amide bonds. The molecule has 0 saturated carbocycles. The minimum absolute atomic E-state index is 0.439. The first-order valence-corrected chi connectivity index (χ1v) is 5.91. The fourth-order valence-electron chi connectivity index (χ4n) is 1.15. The molecule has 0 fully saturated rings. The van der Waals surface area contributed by atoms with Gasteiger partial charge in [-0.25, -0.2) is 8.78 Å². The predicted molar refractivity (Wildman–Crippen MR) is 57.9 cm³/mol. The number of hydrogen-bond donors (Lipinski definition) is 0. The van der Waals surface area contributed by atoms with Gasteiger partial charge in [-0.3, -0.25) is 0 Å². The maximum absolute atomic E-state index is 13.2. The predicted octanol–water partition coefficient (Wildman–Crippen LogP) is 5.22. The van der Waals surface area contributed by atoms with Crippen LogP contribution in [-0.4, -0.2) is 23.5 Å². The lowest BCUT2D eigenvalue weighted by atomic mass is 10.2. The van der Waals surface area contributed by atoms with Crippen molar-refractivity contribution in [3.05, 3.63) is 29.8 Å². The second kappa shape index (κ2) is 5.42. The molecule has 0 spiro atoms. The van der Waals surface area contributed by atoms with Gasteiger partial charge in [0.15, 0.2) is 0 Å². The molecule has 114 valence electrons. The molecule has 0 saturated heterocycles. The van der Waals surface area contributed by atoms with Gasteiger partial charge in [0, 0.05) is 4.90 Å². The molecule has 0 aromatic heterocycles.